The average Bonchev–Trinajstić information content (AvgIpc) is 2.19. The van der Waals surface area contributed by atoms with Crippen molar-refractivity contribution in [3.8, 4) is 0 Å². The van der Waals surface area contributed by atoms with Crippen molar-refractivity contribution in [1.29, 1.82) is 0 Å². The third kappa shape index (κ3) is 3.84. The summed E-state index contributed by atoms with van der Waals surface area (Å²) >= 11 is 11.9. The van der Waals surface area contributed by atoms with Gasteiger partial charge in [-0.05, 0) is 29.7 Å². The molecule has 1 aromatic rings. The molecule has 0 aliphatic rings. The maximum Gasteiger partial charge on any atom is 0.0454 e. The zero-order valence-electron chi connectivity index (χ0n) is 8.84. The Kier molecular flexibility index (Phi) is 6.62. The van der Waals surface area contributed by atoms with Crippen molar-refractivity contribution in [1.82, 2.24) is 0 Å². The van der Waals surface area contributed by atoms with Crippen LogP contribution in [-0.2, 0) is 0 Å². The van der Waals surface area contributed by atoms with Gasteiger partial charge in [0.2, 0.25) is 0 Å². The summed E-state index contributed by atoms with van der Waals surface area (Å²) in [4.78, 5) is 0. The lowest BCUT2D eigenvalue weighted by molar-refractivity contribution is 0.457. The van der Waals surface area contributed by atoms with Gasteiger partial charge in [0.25, 0.3) is 0 Å². The maximum absolute atomic E-state index is 6.08. The number of rotatable bonds is 3. The van der Waals surface area contributed by atoms with E-state index in [1.54, 1.807) is 12.1 Å². The quantitative estimate of drug-likeness (QED) is 0.860. The van der Waals surface area contributed by atoms with Crippen LogP contribution in [0.3, 0.4) is 0 Å². The van der Waals surface area contributed by atoms with Crippen molar-refractivity contribution in [2.75, 3.05) is 0 Å². The monoisotopic (exact) mass is 267 g/mol. The first kappa shape index (κ1) is 15.0. The number of hydrogen-bond donors (Lipinski definition) is 1. The Morgan fingerprint density at radius 2 is 1.93 bits per heavy atom. The minimum atomic E-state index is -0.0359. The van der Waals surface area contributed by atoms with Gasteiger partial charge in [-0.15, -0.1) is 12.4 Å². The molecular formula is C11H16Cl3N. The van der Waals surface area contributed by atoms with E-state index < -0.39 is 0 Å². The van der Waals surface area contributed by atoms with Crippen molar-refractivity contribution in [2.24, 2.45) is 11.7 Å². The first-order chi connectivity index (χ1) is 6.56. The van der Waals surface area contributed by atoms with E-state index in [-0.39, 0.29) is 18.4 Å². The summed E-state index contributed by atoms with van der Waals surface area (Å²) in [6, 6.07) is 5.38. The molecule has 1 rings (SSSR count). The van der Waals surface area contributed by atoms with Crippen LogP contribution in [0.4, 0.5) is 0 Å². The molecule has 0 fully saturated rings. The topological polar surface area (TPSA) is 26.0 Å². The molecule has 0 saturated heterocycles. The normalized spacial score (nSPS) is 14.2. The molecule has 0 aliphatic heterocycles. The molecule has 0 aromatic heterocycles. The van der Waals surface area contributed by atoms with Crippen molar-refractivity contribution < 1.29 is 0 Å². The van der Waals surface area contributed by atoms with Gasteiger partial charge >= 0.3 is 0 Å². The summed E-state index contributed by atoms with van der Waals surface area (Å²) in [5.41, 5.74) is 7.01. The number of benzene rings is 1. The molecule has 0 bridgehead atoms. The molecule has 1 aromatic carbocycles. The van der Waals surface area contributed by atoms with Crippen LogP contribution in [0.1, 0.15) is 31.9 Å². The second-order valence-corrected chi connectivity index (χ2v) is 4.42. The van der Waals surface area contributed by atoms with Gasteiger partial charge in [0, 0.05) is 16.1 Å². The zero-order chi connectivity index (χ0) is 10.7. The molecule has 0 amide bonds. The van der Waals surface area contributed by atoms with Gasteiger partial charge in [0.15, 0.2) is 0 Å². The predicted molar refractivity (Wildman–Crippen MR) is 70.1 cm³/mol. The van der Waals surface area contributed by atoms with Gasteiger partial charge in [-0.3, -0.25) is 0 Å². The first-order valence-electron chi connectivity index (χ1n) is 4.76. The fourth-order valence-corrected chi connectivity index (χ4v) is 1.75. The Morgan fingerprint density at radius 1 is 1.33 bits per heavy atom. The fourth-order valence-electron chi connectivity index (χ4n) is 1.33. The maximum atomic E-state index is 6.08. The second kappa shape index (κ2) is 6.59. The lowest BCUT2D eigenvalue weighted by Gasteiger charge is -2.19. The van der Waals surface area contributed by atoms with E-state index in [2.05, 4.69) is 13.8 Å². The second-order valence-electron chi connectivity index (χ2n) is 3.58. The number of nitrogens with two attached hydrogens (primary N) is 1. The largest absolute Gasteiger partial charge is 0.324 e. The highest BCUT2D eigenvalue weighted by atomic mass is 35.5. The molecule has 0 saturated carbocycles. The molecular weight excluding hydrogens is 252 g/mol. The Labute approximate surface area is 107 Å². The summed E-state index contributed by atoms with van der Waals surface area (Å²) in [6.45, 7) is 4.23. The lowest BCUT2D eigenvalue weighted by Crippen LogP contribution is -2.18. The van der Waals surface area contributed by atoms with E-state index in [0.29, 0.717) is 16.0 Å². The van der Waals surface area contributed by atoms with Crippen molar-refractivity contribution in [3.63, 3.8) is 0 Å². The van der Waals surface area contributed by atoms with Crippen LogP contribution in [0.15, 0.2) is 18.2 Å². The molecule has 0 heterocycles. The van der Waals surface area contributed by atoms with Crippen LogP contribution >= 0.6 is 35.6 Å². The van der Waals surface area contributed by atoms with Gasteiger partial charge in [-0.1, -0.05) is 43.5 Å². The molecule has 0 spiro atoms. The van der Waals surface area contributed by atoms with Crippen LogP contribution in [0.2, 0.25) is 10.0 Å². The first-order valence-corrected chi connectivity index (χ1v) is 5.52. The standard InChI is InChI=1S/C11H15Cl2N.ClH/c1-3-7(2)11(14)9-6-8(12)4-5-10(9)13;/h4-7,11H,3,14H2,1-2H3;1H/t7?,11-;/m0./s1. The third-order valence-electron chi connectivity index (χ3n) is 2.57. The summed E-state index contributed by atoms with van der Waals surface area (Å²) in [6.07, 6.45) is 1.03. The molecule has 0 aliphatic carbocycles. The molecule has 1 unspecified atom stereocenters. The van der Waals surface area contributed by atoms with Gasteiger partial charge in [0.1, 0.15) is 0 Å². The fraction of sp³-hybridized carbons (Fsp3) is 0.455. The van der Waals surface area contributed by atoms with E-state index in [1.165, 1.54) is 0 Å². The number of halogens is 3. The highest BCUT2D eigenvalue weighted by molar-refractivity contribution is 6.33. The van der Waals surface area contributed by atoms with Crippen molar-refractivity contribution >= 4 is 35.6 Å². The van der Waals surface area contributed by atoms with E-state index in [9.17, 15) is 0 Å². The van der Waals surface area contributed by atoms with Crippen molar-refractivity contribution in [3.05, 3.63) is 33.8 Å². The highest BCUT2D eigenvalue weighted by Crippen LogP contribution is 2.30. The summed E-state index contributed by atoms with van der Waals surface area (Å²) in [7, 11) is 0. The third-order valence-corrected chi connectivity index (χ3v) is 3.15. The van der Waals surface area contributed by atoms with Crippen LogP contribution < -0.4 is 5.73 Å². The Bertz CT molecular complexity index is 315. The summed E-state index contributed by atoms with van der Waals surface area (Å²) in [5.74, 6) is 0.408. The lowest BCUT2D eigenvalue weighted by atomic mass is 9.93. The van der Waals surface area contributed by atoms with Gasteiger partial charge in [-0.25, -0.2) is 0 Å². The SMILES string of the molecule is CCC(C)[C@H](N)c1cc(Cl)ccc1Cl.Cl. The van der Waals surface area contributed by atoms with E-state index in [1.807, 2.05) is 6.07 Å². The Balaban J connectivity index is 0.00000196. The van der Waals surface area contributed by atoms with Crippen LogP contribution in [-0.4, -0.2) is 0 Å². The molecule has 0 radical (unpaired) electrons. The molecule has 15 heavy (non-hydrogen) atoms. The molecule has 2 N–H and O–H groups in total. The molecule has 1 nitrogen and oxygen atoms in total. The summed E-state index contributed by atoms with van der Waals surface area (Å²) in [5, 5.41) is 1.38. The van der Waals surface area contributed by atoms with Crippen molar-refractivity contribution in [2.45, 2.75) is 26.3 Å². The van der Waals surface area contributed by atoms with Gasteiger partial charge < -0.3 is 5.73 Å². The predicted octanol–water partition coefficient (Wildman–Crippen LogP) is 4.46. The minimum absolute atomic E-state index is 0. The van der Waals surface area contributed by atoms with Crippen LogP contribution in [0.25, 0.3) is 0 Å². The zero-order valence-corrected chi connectivity index (χ0v) is 11.2. The molecule has 4 heteroatoms. The Morgan fingerprint density at radius 3 is 2.47 bits per heavy atom. The molecule has 86 valence electrons. The smallest absolute Gasteiger partial charge is 0.0454 e. The highest BCUT2D eigenvalue weighted by Gasteiger charge is 2.16. The van der Waals surface area contributed by atoms with Gasteiger partial charge in [-0.2, -0.15) is 0 Å². The van der Waals surface area contributed by atoms with Crippen LogP contribution in [0.5, 0.6) is 0 Å². The van der Waals surface area contributed by atoms with Crippen LogP contribution in [0, 0.1) is 5.92 Å². The van der Waals surface area contributed by atoms with E-state index >= 15 is 0 Å². The molecule has 2 atom stereocenters. The van der Waals surface area contributed by atoms with E-state index in [0.717, 1.165) is 12.0 Å². The minimum Gasteiger partial charge on any atom is -0.324 e. The summed E-state index contributed by atoms with van der Waals surface area (Å²) < 4.78 is 0. The average molecular weight is 269 g/mol. The van der Waals surface area contributed by atoms with Gasteiger partial charge in [0.05, 0.1) is 0 Å². The van der Waals surface area contributed by atoms with E-state index in [4.69, 9.17) is 28.9 Å². The Hall–Kier alpha value is 0.0500. The number of hydrogen-bond acceptors (Lipinski definition) is 1.